The van der Waals surface area contributed by atoms with E-state index >= 15 is 0 Å². The number of rotatable bonds is 2. The molecule has 0 aromatic heterocycles. The summed E-state index contributed by atoms with van der Waals surface area (Å²) >= 11 is 6.09. The second-order valence-electron chi connectivity index (χ2n) is 3.48. The number of halogens is 1. The molecule has 0 unspecified atom stereocenters. The van der Waals surface area contributed by atoms with Crippen molar-refractivity contribution in [3.63, 3.8) is 0 Å². The van der Waals surface area contributed by atoms with E-state index < -0.39 is 11.0 Å². The van der Waals surface area contributed by atoms with Gasteiger partial charge in [-0.1, -0.05) is 12.1 Å². The van der Waals surface area contributed by atoms with Crippen LogP contribution in [0.5, 0.6) is 0 Å². The number of hydrogen-bond donors (Lipinski definition) is 2. The van der Waals surface area contributed by atoms with Crippen LogP contribution in [0, 0.1) is 0 Å². The maximum atomic E-state index is 10.4. The zero-order valence-corrected chi connectivity index (χ0v) is 8.80. The van der Waals surface area contributed by atoms with Gasteiger partial charge in [-0.15, -0.1) is 11.6 Å². The van der Waals surface area contributed by atoms with E-state index in [0.717, 1.165) is 5.56 Å². The Hall–Kier alpha value is -1.22. The summed E-state index contributed by atoms with van der Waals surface area (Å²) in [6.07, 6.45) is -1.07. The highest BCUT2D eigenvalue weighted by Gasteiger charge is 2.16. The molecule has 76 valence electrons. The molecule has 0 atom stereocenters. The minimum atomic E-state index is -1.07. The van der Waals surface area contributed by atoms with E-state index in [9.17, 15) is 4.79 Å². The molecule has 0 heterocycles. The summed E-state index contributed by atoms with van der Waals surface area (Å²) in [6, 6.07) is 7.03. The summed E-state index contributed by atoms with van der Waals surface area (Å²) in [5.74, 6) is 0. The van der Waals surface area contributed by atoms with Gasteiger partial charge in [0.15, 0.2) is 0 Å². The van der Waals surface area contributed by atoms with E-state index in [4.69, 9.17) is 16.7 Å². The number of benzene rings is 1. The lowest BCUT2D eigenvalue weighted by Crippen LogP contribution is -2.10. The molecule has 4 heteroatoms. The van der Waals surface area contributed by atoms with Crippen molar-refractivity contribution >= 4 is 23.4 Å². The predicted octanol–water partition coefficient (Wildman–Crippen LogP) is 3.25. The first-order valence-electron chi connectivity index (χ1n) is 4.19. The quantitative estimate of drug-likeness (QED) is 0.741. The van der Waals surface area contributed by atoms with Crippen molar-refractivity contribution in [3.8, 4) is 0 Å². The van der Waals surface area contributed by atoms with Gasteiger partial charge >= 0.3 is 6.09 Å². The second-order valence-corrected chi connectivity index (χ2v) is 4.43. The standard InChI is InChI=1S/C10H12ClNO2/c1-10(2,11)7-4-3-5-8(6-7)12-9(13)14/h3-6,12H,1-2H3,(H,13,14). The van der Waals surface area contributed by atoms with Gasteiger partial charge in [0.25, 0.3) is 0 Å². The smallest absolute Gasteiger partial charge is 0.409 e. The van der Waals surface area contributed by atoms with Crippen LogP contribution in [0.3, 0.4) is 0 Å². The highest BCUT2D eigenvalue weighted by atomic mass is 35.5. The third-order valence-electron chi connectivity index (χ3n) is 1.80. The topological polar surface area (TPSA) is 49.3 Å². The van der Waals surface area contributed by atoms with E-state index in [1.165, 1.54) is 0 Å². The van der Waals surface area contributed by atoms with Crippen molar-refractivity contribution in [2.45, 2.75) is 18.7 Å². The lowest BCUT2D eigenvalue weighted by Gasteiger charge is -2.16. The van der Waals surface area contributed by atoms with Crippen LogP contribution in [0.15, 0.2) is 24.3 Å². The fourth-order valence-electron chi connectivity index (χ4n) is 1.09. The van der Waals surface area contributed by atoms with E-state index in [1.807, 2.05) is 19.9 Å². The fourth-order valence-corrected chi connectivity index (χ4v) is 1.21. The Balaban J connectivity index is 2.95. The molecule has 14 heavy (non-hydrogen) atoms. The lowest BCUT2D eigenvalue weighted by molar-refractivity contribution is 0.210. The molecule has 0 saturated heterocycles. The number of hydrogen-bond acceptors (Lipinski definition) is 1. The monoisotopic (exact) mass is 213 g/mol. The Morgan fingerprint density at radius 1 is 1.50 bits per heavy atom. The van der Waals surface area contributed by atoms with Gasteiger partial charge in [0.1, 0.15) is 0 Å². The summed E-state index contributed by atoms with van der Waals surface area (Å²) in [6.45, 7) is 3.71. The van der Waals surface area contributed by atoms with Crippen LogP contribution in [0.25, 0.3) is 0 Å². The van der Waals surface area contributed by atoms with Crippen molar-refractivity contribution < 1.29 is 9.90 Å². The second kappa shape index (κ2) is 3.88. The first-order valence-corrected chi connectivity index (χ1v) is 4.57. The number of carboxylic acid groups (broad SMARTS) is 1. The molecule has 2 N–H and O–H groups in total. The highest BCUT2D eigenvalue weighted by molar-refractivity contribution is 6.23. The van der Waals surface area contributed by atoms with Gasteiger partial charge in [-0.2, -0.15) is 0 Å². The SMILES string of the molecule is CC(C)(Cl)c1cccc(NC(=O)O)c1. The molecule has 1 aromatic rings. The normalized spacial score (nSPS) is 11.1. The van der Waals surface area contributed by atoms with Crippen LogP contribution in [0.1, 0.15) is 19.4 Å². The fraction of sp³-hybridized carbons (Fsp3) is 0.300. The maximum absolute atomic E-state index is 10.4. The summed E-state index contributed by atoms with van der Waals surface area (Å²) < 4.78 is 0. The summed E-state index contributed by atoms with van der Waals surface area (Å²) in [7, 11) is 0. The number of anilines is 1. The van der Waals surface area contributed by atoms with Gasteiger partial charge < -0.3 is 5.11 Å². The van der Waals surface area contributed by atoms with E-state index in [0.29, 0.717) is 5.69 Å². The van der Waals surface area contributed by atoms with Crippen LogP contribution in [-0.4, -0.2) is 11.2 Å². The molecule has 0 aliphatic heterocycles. The number of amides is 1. The largest absolute Gasteiger partial charge is 0.465 e. The number of nitrogens with one attached hydrogen (secondary N) is 1. The first kappa shape index (κ1) is 10.9. The van der Waals surface area contributed by atoms with Crippen LogP contribution >= 0.6 is 11.6 Å². The Labute approximate surface area is 87.7 Å². The van der Waals surface area contributed by atoms with Gasteiger partial charge in [0, 0.05) is 5.69 Å². The third kappa shape index (κ3) is 2.92. The average Bonchev–Trinajstić information content (AvgIpc) is 2.01. The Bertz CT molecular complexity index is 344. The van der Waals surface area contributed by atoms with Crippen molar-refractivity contribution in [1.29, 1.82) is 0 Å². The molecule has 0 bridgehead atoms. The number of carbonyl (C=O) groups is 1. The van der Waals surface area contributed by atoms with Gasteiger partial charge in [-0.3, -0.25) is 5.32 Å². The molecule has 0 aliphatic rings. The van der Waals surface area contributed by atoms with E-state index in [1.54, 1.807) is 18.2 Å². The first-order chi connectivity index (χ1) is 6.39. The Morgan fingerprint density at radius 3 is 2.64 bits per heavy atom. The Morgan fingerprint density at radius 2 is 2.14 bits per heavy atom. The van der Waals surface area contributed by atoms with Crippen LogP contribution in [0.4, 0.5) is 10.5 Å². The molecule has 3 nitrogen and oxygen atoms in total. The molecule has 0 radical (unpaired) electrons. The molecular weight excluding hydrogens is 202 g/mol. The van der Waals surface area contributed by atoms with Crippen LogP contribution in [0.2, 0.25) is 0 Å². The van der Waals surface area contributed by atoms with Gasteiger partial charge in [0.05, 0.1) is 4.87 Å². The van der Waals surface area contributed by atoms with Crippen molar-refractivity contribution in [1.82, 2.24) is 0 Å². The van der Waals surface area contributed by atoms with Crippen LogP contribution in [-0.2, 0) is 4.87 Å². The van der Waals surface area contributed by atoms with Crippen molar-refractivity contribution in [2.24, 2.45) is 0 Å². The van der Waals surface area contributed by atoms with Crippen molar-refractivity contribution in [3.05, 3.63) is 29.8 Å². The molecule has 0 fully saturated rings. The highest BCUT2D eigenvalue weighted by Crippen LogP contribution is 2.29. The third-order valence-corrected chi connectivity index (χ3v) is 2.02. The summed E-state index contributed by atoms with van der Waals surface area (Å²) in [5, 5.41) is 10.8. The molecule has 1 amide bonds. The van der Waals surface area contributed by atoms with Gasteiger partial charge in [-0.05, 0) is 31.5 Å². The minimum absolute atomic E-state index is 0.490. The molecule has 0 aliphatic carbocycles. The van der Waals surface area contributed by atoms with Gasteiger partial charge in [-0.25, -0.2) is 4.79 Å². The molecule has 1 rings (SSSR count). The van der Waals surface area contributed by atoms with Crippen LogP contribution < -0.4 is 5.32 Å². The summed E-state index contributed by atoms with van der Waals surface area (Å²) in [5.41, 5.74) is 1.41. The minimum Gasteiger partial charge on any atom is -0.465 e. The molecule has 1 aromatic carbocycles. The lowest BCUT2D eigenvalue weighted by atomic mass is 10.0. The molecule has 0 saturated carbocycles. The van der Waals surface area contributed by atoms with E-state index in [-0.39, 0.29) is 0 Å². The zero-order chi connectivity index (χ0) is 10.8. The number of alkyl halides is 1. The maximum Gasteiger partial charge on any atom is 0.409 e. The van der Waals surface area contributed by atoms with Crippen molar-refractivity contribution in [2.75, 3.05) is 5.32 Å². The molecule has 0 spiro atoms. The summed E-state index contributed by atoms with van der Waals surface area (Å²) in [4.78, 5) is 9.90. The van der Waals surface area contributed by atoms with E-state index in [2.05, 4.69) is 5.32 Å². The Kier molecular flexibility index (Phi) is 3.01. The zero-order valence-electron chi connectivity index (χ0n) is 8.04. The predicted molar refractivity (Wildman–Crippen MR) is 57.0 cm³/mol. The van der Waals surface area contributed by atoms with Gasteiger partial charge in [0.2, 0.25) is 0 Å². The average molecular weight is 214 g/mol. The molecular formula is C10H12ClNO2.